The minimum absolute atomic E-state index is 0.0699. The summed E-state index contributed by atoms with van der Waals surface area (Å²) in [5.74, 6) is 0.958. The summed E-state index contributed by atoms with van der Waals surface area (Å²) in [6.45, 7) is 4.41. The summed E-state index contributed by atoms with van der Waals surface area (Å²) in [5, 5.41) is 0. The number of rotatable bonds is 4. The van der Waals surface area contributed by atoms with Crippen LogP contribution in [-0.4, -0.2) is 5.78 Å². The van der Waals surface area contributed by atoms with Crippen molar-refractivity contribution >= 4 is 5.78 Å². The quantitative estimate of drug-likeness (QED) is 0.748. The van der Waals surface area contributed by atoms with Crippen molar-refractivity contribution in [1.82, 2.24) is 0 Å². The highest BCUT2D eigenvalue weighted by Gasteiger charge is 2.32. The number of Topliss-reactive ketones (excluding diaryl/α,β-unsaturated/α-hetero) is 1. The van der Waals surface area contributed by atoms with Crippen LogP contribution < -0.4 is 0 Å². The maximum absolute atomic E-state index is 12.6. The van der Waals surface area contributed by atoms with E-state index in [1.807, 2.05) is 24.3 Å². The number of hydrogen-bond acceptors (Lipinski definition) is 1. The molecule has 20 heavy (non-hydrogen) atoms. The van der Waals surface area contributed by atoms with Crippen molar-refractivity contribution in [3.05, 3.63) is 70.8 Å². The SMILES string of the molecule is CC(C)Cc1cccc(C(=O)C2Cc3ccccc32)c1. The van der Waals surface area contributed by atoms with Crippen molar-refractivity contribution in [3.8, 4) is 0 Å². The van der Waals surface area contributed by atoms with Crippen LogP contribution in [0.15, 0.2) is 48.5 Å². The van der Waals surface area contributed by atoms with Crippen LogP contribution in [0.4, 0.5) is 0 Å². The van der Waals surface area contributed by atoms with Gasteiger partial charge in [-0.15, -0.1) is 0 Å². The third kappa shape index (κ3) is 2.40. The Morgan fingerprint density at radius 1 is 1.15 bits per heavy atom. The van der Waals surface area contributed by atoms with Crippen molar-refractivity contribution in [1.29, 1.82) is 0 Å². The first-order chi connectivity index (χ1) is 9.65. The molecular weight excluding hydrogens is 244 g/mol. The van der Waals surface area contributed by atoms with Gasteiger partial charge in [-0.25, -0.2) is 0 Å². The Bertz CT molecular complexity index is 640. The molecule has 1 atom stereocenters. The first-order valence-electron chi connectivity index (χ1n) is 7.36. The molecular formula is C19H20O. The highest BCUT2D eigenvalue weighted by Crippen LogP contribution is 2.37. The summed E-state index contributed by atoms with van der Waals surface area (Å²) in [6, 6.07) is 16.4. The van der Waals surface area contributed by atoms with Gasteiger partial charge in [-0.1, -0.05) is 56.3 Å². The molecule has 102 valence electrons. The van der Waals surface area contributed by atoms with Crippen molar-refractivity contribution in [2.24, 2.45) is 5.92 Å². The zero-order valence-electron chi connectivity index (χ0n) is 12.1. The molecule has 2 aromatic rings. The Kier molecular flexibility index (Phi) is 3.43. The minimum atomic E-state index is 0.0699. The van der Waals surface area contributed by atoms with Crippen LogP contribution in [0.3, 0.4) is 0 Å². The van der Waals surface area contributed by atoms with Gasteiger partial charge >= 0.3 is 0 Å². The van der Waals surface area contributed by atoms with Gasteiger partial charge in [0.2, 0.25) is 0 Å². The predicted octanol–water partition coefficient (Wildman–Crippen LogP) is 4.41. The van der Waals surface area contributed by atoms with Crippen LogP contribution in [0, 0.1) is 5.92 Å². The maximum Gasteiger partial charge on any atom is 0.170 e. The van der Waals surface area contributed by atoms with Gasteiger partial charge in [-0.05, 0) is 41.5 Å². The lowest BCUT2D eigenvalue weighted by atomic mass is 9.73. The van der Waals surface area contributed by atoms with Gasteiger partial charge in [0.1, 0.15) is 0 Å². The zero-order chi connectivity index (χ0) is 14.1. The molecule has 0 amide bonds. The largest absolute Gasteiger partial charge is 0.293 e. The van der Waals surface area contributed by atoms with Crippen molar-refractivity contribution in [2.75, 3.05) is 0 Å². The van der Waals surface area contributed by atoms with Crippen LogP contribution in [0.25, 0.3) is 0 Å². The van der Waals surface area contributed by atoms with E-state index in [4.69, 9.17) is 0 Å². The molecule has 0 spiro atoms. The number of benzene rings is 2. The van der Waals surface area contributed by atoms with Gasteiger partial charge in [0.15, 0.2) is 5.78 Å². The molecule has 0 fully saturated rings. The van der Waals surface area contributed by atoms with Gasteiger partial charge in [0.05, 0.1) is 5.92 Å². The van der Waals surface area contributed by atoms with Crippen molar-refractivity contribution in [2.45, 2.75) is 32.6 Å². The smallest absolute Gasteiger partial charge is 0.170 e. The first-order valence-corrected chi connectivity index (χ1v) is 7.36. The molecule has 1 heteroatoms. The Hall–Kier alpha value is -1.89. The van der Waals surface area contributed by atoms with E-state index in [0.29, 0.717) is 5.92 Å². The molecule has 3 rings (SSSR count). The minimum Gasteiger partial charge on any atom is -0.293 e. The normalized spacial score (nSPS) is 16.6. The molecule has 0 aromatic heterocycles. The Morgan fingerprint density at radius 2 is 1.95 bits per heavy atom. The van der Waals surface area contributed by atoms with Crippen molar-refractivity contribution in [3.63, 3.8) is 0 Å². The number of carbonyl (C=O) groups is 1. The van der Waals surface area contributed by atoms with E-state index in [9.17, 15) is 4.79 Å². The fraction of sp³-hybridized carbons (Fsp3) is 0.316. The molecule has 0 radical (unpaired) electrons. The summed E-state index contributed by atoms with van der Waals surface area (Å²) in [5.41, 5.74) is 4.66. The number of fused-ring (bicyclic) bond motifs is 1. The monoisotopic (exact) mass is 264 g/mol. The molecule has 1 unspecified atom stereocenters. The number of hydrogen-bond donors (Lipinski definition) is 0. The zero-order valence-corrected chi connectivity index (χ0v) is 12.1. The molecule has 0 aliphatic heterocycles. The van der Waals surface area contributed by atoms with Crippen LogP contribution in [0.2, 0.25) is 0 Å². The molecule has 2 aromatic carbocycles. The average molecular weight is 264 g/mol. The summed E-state index contributed by atoms with van der Waals surface area (Å²) in [4.78, 5) is 12.6. The van der Waals surface area contributed by atoms with Crippen LogP contribution >= 0.6 is 0 Å². The summed E-state index contributed by atoms with van der Waals surface area (Å²) >= 11 is 0. The van der Waals surface area contributed by atoms with Crippen LogP contribution in [0.5, 0.6) is 0 Å². The van der Waals surface area contributed by atoms with Gasteiger partial charge in [-0.3, -0.25) is 4.79 Å². The van der Waals surface area contributed by atoms with Crippen molar-refractivity contribution < 1.29 is 4.79 Å². The lowest BCUT2D eigenvalue weighted by Crippen LogP contribution is -2.25. The van der Waals surface area contributed by atoms with Gasteiger partial charge < -0.3 is 0 Å². The average Bonchev–Trinajstić information content (AvgIpc) is 2.39. The number of carbonyl (C=O) groups excluding carboxylic acids is 1. The summed E-state index contributed by atoms with van der Waals surface area (Å²) in [7, 11) is 0. The van der Waals surface area contributed by atoms with E-state index in [0.717, 1.165) is 18.4 Å². The third-order valence-electron chi connectivity index (χ3n) is 4.03. The van der Waals surface area contributed by atoms with Gasteiger partial charge in [-0.2, -0.15) is 0 Å². The Balaban J connectivity index is 1.82. The van der Waals surface area contributed by atoms with Crippen LogP contribution in [0.1, 0.15) is 46.8 Å². The van der Waals surface area contributed by atoms with E-state index >= 15 is 0 Å². The molecule has 1 aliphatic carbocycles. The van der Waals surface area contributed by atoms with E-state index in [-0.39, 0.29) is 11.7 Å². The first kappa shape index (κ1) is 13.1. The molecule has 0 N–H and O–H groups in total. The fourth-order valence-corrected chi connectivity index (χ4v) is 3.02. The standard InChI is InChI=1S/C19H20O/c1-13(2)10-14-6-5-8-16(11-14)19(20)18-12-15-7-3-4-9-17(15)18/h3-9,11,13,18H,10,12H2,1-2H3. The molecule has 1 aliphatic rings. The van der Waals surface area contributed by atoms with E-state index < -0.39 is 0 Å². The molecule has 1 nitrogen and oxygen atoms in total. The topological polar surface area (TPSA) is 17.1 Å². The van der Waals surface area contributed by atoms with Gasteiger partial charge in [0.25, 0.3) is 0 Å². The number of ketones is 1. The maximum atomic E-state index is 12.6. The van der Waals surface area contributed by atoms with Crippen LogP contribution in [-0.2, 0) is 12.8 Å². The second kappa shape index (κ2) is 5.24. The lowest BCUT2D eigenvalue weighted by Gasteiger charge is -2.29. The second-order valence-electron chi connectivity index (χ2n) is 6.12. The van der Waals surface area contributed by atoms with Gasteiger partial charge in [0, 0.05) is 5.56 Å². The molecule has 0 saturated carbocycles. The van der Waals surface area contributed by atoms with E-state index in [1.165, 1.54) is 16.7 Å². The molecule has 0 bridgehead atoms. The molecule has 0 saturated heterocycles. The predicted molar refractivity (Wildman–Crippen MR) is 82.2 cm³/mol. The highest BCUT2D eigenvalue weighted by molar-refractivity contribution is 6.02. The van der Waals surface area contributed by atoms with E-state index in [1.54, 1.807) is 0 Å². The van der Waals surface area contributed by atoms with E-state index in [2.05, 4.69) is 38.1 Å². The fourth-order valence-electron chi connectivity index (χ4n) is 3.02. The Labute approximate surface area is 120 Å². The summed E-state index contributed by atoms with van der Waals surface area (Å²) in [6.07, 6.45) is 1.92. The third-order valence-corrected chi connectivity index (χ3v) is 4.03. The Morgan fingerprint density at radius 3 is 2.70 bits per heavy atom. The highest BCUT2D eigenvalue weighted by atomic mass is 16.1. The summed E-state index contributed by atoms with van der Waals surface area (Å²) < 4.78 is 0. The molecule has 0 heterocycles. The second-order valence-corrected chi connectivity index (χ2v) is 6.12. The lowest BCUT2D eigenvalue weighted by molar-refractivity contribution is 0.0949.